The Kier molecular flexibility index (Phi) is 3.93. The van der Waals surface area contributed by atoms with Gasteiger partial charge in [-0.25, -0.2) is 4.98 Å². The summed E-state index contributed by atoms with van der Waals surface area (Å²) in [6.45, 7) is 7.27. The van der Waals surface area contributed by atoms with Gasteiger partial charge in [0.25, 0.3) is 0 Å². The van der Waals surface area contributed by atoms with Crippen LogP contribution in [0.15, 0.2) is 23.5 Å². The smallest absolute Gasteiger partial charge is 0.173 e. The van der Waals surface area contributed by atoms with E-state index in [1.165, 1.54) is 0 Å². The average Bonchev–Trinajstić information content (AvgIpc) is 2.25. The van der Waals surface area contributed by atoms with E-state index in [4.69, 9.17) is 10.9 Å². The molecule has 0 amide bonds. The Hall–Kier alpha value is -1.78. The molecule has 0 saturated carbocycles. The molecule has 0 fully saturated rings. The van der Waals surface area contributed by atoms with Gasteiger partial charge in [0.05, 0.1) is 5.56 Å². The molecule has 3 N–H and O–H groups in total. The van der Waals surface area contributed by atoms with Gasteiger partial charge in [0.15, 0.2) is 5.84 Å². The second-order valence-corrected chi connectivity index (χ2v) is 5.28. The van der Waals surface area contributed by atoms with E-state index in [1.807, 2.05) is 11.9 Å². The number of nitrogens with zero attached hydrogens (tertiary/aromatic N) is 3. The third kappa shape index (κ3) is 3.62. The van der Waals surface area contributed by atoms with Crippen molar-refractivity contribution in [3.05, 3.63) is 23.9 Å². The van der Waals surface area contributed by atoms with E-state index in [0.29, 0.717) is 5.56 Å². The van der Waals surface area contributed by atoms with Gasteiger partial charge in [-0.2, -0.15) is 0 Å². The maximum atomic E-state index is 8.74. The monoisotopic (exact) mass is 236 g/mol. The summed E-state index contributed by atoms with van der Waals surface area (Å²) in [5.41, 5.74) is 6.42. The third-order valence-corrected chi connectivity index (χ3v) is 2.24. The van der Waals surface area contributed by atoms with Crippen molar-refractivity contribution < 1.29 is 5.21 Å². The van der Waals surface area contributed by atoms with E-state index in [1.54, 1.807) is 18.3 Å². The first-order valence-electron chi connectivity index (χ1n) is 5.49. The topological polar surface area (TPSA) is 74.7 Å². The van der Waals surface area contributed by atoms with Crippen molar-refractivity contribution in [1.29, 1.82) is 0 Å². The summed E-state index contributed by atoms with van der Waals surface area (Å²) in [5.74, 6) is 0.798. The maximum absolute atomic E-state index is 8.74. The highest BCUT2D eigenvalue weighted by Gasteiger charge is 2.18. The van der Waals surface area contributed by atoms with Crippen LogP contribution in [0.25, 0.3) is 0 Å². The first-order valence-corrected chi connectivity index (χ1v) is 5.49. The summed E-state index contributed by atoms with van der Waals surface area (Å²) in [6.07, 6.45) is 1.70. The molecule has 0 atom stereocenters. The molecule has 0 radical (unpaired) electrons. The van der Waals surface area contributed by atoms with E-state index in [0.717, 1.165) is 12.4 Å². The number of oxime groups is 1. The van der Waals surface area contributed by atoms with Crippen molar-refractivity contribution in [2.45, 2.75) is 20.8 Å². The lowest BCUT2D eigenvalue weighted by atomic mass is 9.96. The minimum atomic E-state index is 0.0776. The van der Waals surface area contributed by atoms with Gasteiger partial charge in [0.1, 0.15) is 5.82 Å². The van der Waals surface area contributed by atoms with Crippen molar-refractivity contribution in [1.82, 2.24) is 4.98 Å². The lowest BCUT2D eigenvalue weighted by molar-refractivity contribution is 0.318. The van der Waals surface area contributed by atoms with Crippen LogP contribution >= 0.6 is 0 Å². The molecule has 0 unspecified atom stereocenters. The van der Waals surface area contributed by atoms with Crippen LogP contribution in [0.2, 0.25) is 0 Å². The number of anilines is 1. The van der Waals surface area contributed by atoms with Crippen LogP contribution in [0.3, 0.4) is 0 Å². The van der Waals surface area contributed by atoms with Crippen LogP contribution in [-0.2, 0) is 0 Å². The SMILES string of the molecule is CN(CC(C)(C)C)c1ncccc1C(N)=NO. The molecule has 0 bridgehead atoms. The maximum Gasteiger partial charge on any atom is 0.173 e. The van der Waals surface area contributed by atoms with Crippen LogP contribution < -0.4 is 10.6 Å². The molecule has 0 spiro atoms. The second-order valence-electron chi connectivity index (χ2n) is 5.28. The van der Waals surface area contributed by atoms with E-state index >= 15 is 0 Å². The van der Waals surface area contributed by atoms with E-state index in [2.05, 4.69) is 30.9 Å². The van der Waals surface area contributed by atoms with Gasteiger partial charge in [-0.3, -0.25) is 0 Å². The first kappa shape index (κ1) is 13.3. The van der Waals surface area contributed by atoms with Gasteiger partial charge in [0.2, 0.25) is 0 Å². The highest BCUT2D eigenvalue weighted by molar-refractivity contribution is 6.01. The molecule has 1 aromatic rings. The number of aromatic nitrogens is 1. The quantitative estimate of drug-likeness (QED) is 0.362. The number of pyridine rings is 1. The average molecular weight is 236 g/mol. The van der Waals surface area contributed by atoms with Gasteiger partial charge in [-0.15, -0.1) is 0 Å². The fourth-order valence-electron chi connectivity index (χ4n) is 1.74. The summed E-state index contributed by atoms with van der Waals surface area (Å²) >= 11 is 0. The Bertz CT molecular complexity index is 409. The minimum Gasteiger partial charge on any atom is -0.409 e. The second kappa shape index (κ2) is 5.03. The zero-order valence-electron chi connectivity index (χ0n) is 10.8. The molecular formula is C12H20N4O. The van der Waals surface area contributed by atoms with Crippen molar-refractivity contribution in [2.24, 2.45) is 16.3 Å². The number of hydrogen-bond acceptors (Lipinski definition) is 4. The van der Waals surface area contributed by atoms with E-state index in [-0.39, 0.29) is 11.3 Å². The summed E-state index contributed by atoms with van der Waals surface area (Å²) in [5, 5.41) is 11.8. The van der Waals surface area contributed by atoms with Gasteiger partial charge in [-0.1, -0.05) is 25.9 Å². The Morgan fingerprint density at radius 1 is 1.53 bits per heavy atom. The van der Waals surface area contributed by atoms with Crippen molar-refractivity contribution >= 4 is 11.7 Å². The summed E-state index contributed by atoms with van der Waals surface area (Å²) < 4.78 is 0. The zero-order valence-corrected chi connectivity index (χ0v) is 10.8. The van der Waals surface area contributed by atoms with Crippen molar-refractivity contribution in [3.63, 3.8) is 0 Å². The van der Waals surface area contributed by atoms with Crippen LogP contribution in [-0.4, -0.2) is 29.6 Å². The van der Waals surface area contributed by atoms with Gasteiger partial charge < -0.3 is 15.8 Å². The molecule has 0 saturated heterocycles. The fourth-order valence-corrected chi connectivity index (χ4v) is 1.74. The number of nitrogens with two attached hydrogens (primary N) is 1. The Morgan fingerprint density at radius 2 is 2.18 bits per heavy atom. The van der Waals surface area contributed by atoms with Crippen molar-refractivity contribution in [3.8, 4) is 0 Å². The normalized spacial score (nSPS) is 12.6. The molecule has 5 nitrogen and oxygen atoms in total. The molecule has 1 rings (SSSR count). The van der Waals surface area contributed by atoms with Crippen LogP contribution in [0.5, 0.6) is 0 Å². The molecule has 94 valence electrons. The number of rotatable bonds is 3. The predicted octanol–water partition coefficient (Wildman–Crippen LogP) is 1.66. The minimum absolute atomic E-state index is 0.0776. The summed E-state index contributed by atoms with van der Waals surface area (Å²) in [4.78, 5) is 6.29. The lowest BCUT2D eigenvalue weighted by Gasteiger charge is -2.28. The molecule has 0 aromatic carbocycles. The number of amidine groups is 1. The molecule has 1 heterocycles. The summed E-state index contributed by atoms with van der Waals surface area (Å²) in [7, 11) is 1.95. The molecule has 17 heavy (non-hydrogen) atoms. The summed E-state index contributed by atoms with van der Waals surface area (Å²) in [6, 6.07) is 3.55. The Labute approximate surface area is 102 Å². The predicted molar refractivity (Wildman–Crippen MR) is 69.5 cm³/mol. The highest BCUT2D eigenvalue weighted by atomic mass is 16.4. The third-order valence-electron chi connectivity index (χ3n) is 2.24. The van der Waals surface area contributed by atoms with Crippen LogP contribution in [0, 0.1) is 5.41 Å². The molecule has 5 heteroatoms. The first-order chi connectivity index (χ1) is 7.85. The van der Waals surface area contributed by atoms with Gasteiger partial charge in [0, 0.05) is 19.8 Å². The zero-order chi connectivity index (χ0) is 13.1. The van der Waals surface area contributed by atoms with Crippen molar-refractivity contribution in [2.75, 3.05) is 18.5 Å². The van der Waals surface area contributed by atoms with E-state index < -0.39 is 0 Å². The standard InChI is InChI=1S/C12H20N4O/c1-12(2,3)8-16(4)11-9(10(13)15-17)6-5-7-14-11/h5-7,17H,8H2,1-4H3,(H2,13,15). The van der Waals surface area contributed by atoms with Gasteiger partial charge in [-0.05, 0) is 17.5 Å². The number of hydrogen-bond donors (Lipinski definition) is 2. The largest absolute Gasteiger partial charge is 0.409 e. The van der Waals surface area contributed by atoms with Gasteiger partial charge >= 0.3 is 0 Å². The Morgan fingerprint density at radius 3 is 2.71 bits per heavy atom. The molecule has 0 aliphatic rings. The molecular weight excluding hydrogens is 216 g/mol. The highest BCUT2D eigenvalue weighted by Crippen LogP contribution is 2.21. The molecule has 1 aromatic heterocycles. The fraction of sp³-hybridized carbons (Fsp3) is 0.500. The molecule has 0 aliphatic carbocycles. The molecule has 0 aliphatic heterocycles. The lowest BCUT2D eigenvalue weighted by Crippen LogP contribution is -2.31. The van der Waals surface area contributed by atoms with Crippen LogP contribution in [0.4, 0.5) is 5.82 Å². The Balaban J connectivity index is 3.05. The van der Waals surface area contributed by atoms with Crippen LogP contribution in [0.1, 0.15) is 26.3 Å². The van der Waals surface area contributed by atoms with E-state index in [9.17, 15) is 0 Å².